The highest BCUT2D eigenvalue weighted by Crippen LogP contribution is 2.26. The van der Waals surface area contributed by atoms with Crippen LogP contribution in [0.4, 0.5) is 0 Å². The molecule has 3 aromatic carbocycles. The fourth-order valence-electron chi connectivity index (χ4n) is 2.94. The fraction of sp³-hybridized carbons (Fsp3) is 0.174. The van der Waals surface area contributed by atoms with E-state index in [1.165, 1.54) is 0 Å². The van der Waals surface area contributed by atoms with E-state index in [1.807, 2.05) is 91.9 Å². The van der Waals surface area contributed by atoms with Gasteiger partial charge in [0.05, 0.1) is 12.1 Å². The van der Waals surface area contributed by atoms with Crippen LogP contribution in [-0.2, 0) is 0 Å². The molecule has 0 aliphatic heterocycles. The predicted octanol–water partition coefficient (Wildman–Crippen LogP) is 4.59. The van der Waals surface area contributed by atoms with Crippen molar-refractivity contribution in [3.63, 3.8) is 0 Å². The molecule has 0 aromatic heterocycles. The van der Waals surface area contributed by atoms with Crippen LogP contribution in [0.15, 0.2) is 84.9 Å². The quantitative estimate of drug-likeness (QED) is 0.686. The number of nitrogens with one attached hydrogen (secondary N) is 1. The minimum atomic E-state index is -0.653. The topological polar surface area (TPSA) is 49.3 Å². The van der Waals surface area contributed by atoms with Crippen molar-refractivity contribution in [3.8, 4) is 0 Å². The van der Waals surface area contributed by atoms with Gasteiger partial charge in [-0.05, 0) is 30.2 Å². The maximum absolute atomic E-state index is 12.7. The summed E-state index contributed by atoms with van der Waals surface area (Å²) in [6, 6.07) is 26.5. The van der Waals surface area contributed by atoms with Gasteiger partial charge >= 0.3 is 0 Å². The largest absolute Gasteiger partial charge is 0.388 e. The average molecular weight is 345 g/mol. The summed E-state index contributed by atoms with van der Waals surface area (Å²) >= 11 is 0. The van der Waals surface area contributed by atoms with Gasteiger partial charge in [0.25, 0.3) is 5.91 Å². The normalized spacial score (nSPS) is 13.0. The van der Waals surface area contributed by atoms with Crippen molar-refractivity contribution >= 4 is 5.91 Å². The third-order valence-corrected chi connectivity index (χ3v) is 4.46. The fourth-order valence-corrected chi connectivity index (χ4v) is 2.94. The van der Waals surface area contributed by atoms with Crippen molar-refractivity contribution in [2.24, 2.45) is 0 Å². The standard InChI is InChI=1S/C23H23NO2/c1-17-12-14-20(15-13-17)23(26)24-21(18-8-4-2-5-9-18)16-22(25)19-10-6-3-7-11-19/h2-15,21-22,25H,16H2,1H3,(H,24,26)/t21-,22+/m0/s1. The summed E-state index contributed by atoms with van der Waals surface area (Å²) in [5.74, 6) is -0.140. The van der Waals surface area contributed by atoms with Gasteiger partial charge in [0.2, 0.25) is 0 Å². The average Bonchev–Trinajstić information content (AvgIpc) is 2.69. The highest BCUT2D eigenvalue weighted by atomic mass is 16.3. The lowest BCUT2D eigenvalue weighted by atomic mass is 9.96. The summed E-state index contributed by atoms with van der Waals surface area (Å²) in [5, 5.41) is 13.7. The molecule has 0 saturated carbocycles. The van der Waals surface area contributed by atoms with E-state index < -0.39 is 6.10 Å². The van der Waals surface area contributed by atoms with E-state index in [4.69, 9.17) is 0 Å². The lowest BCUT2D eigenvalue weighted by Gasteiger charge is -2.22. The summed E-state index contributed by atoms with van der Waals surface area (Å²) in [6.07, 6.45) is -0.245. The molecule has 3 heteroatoms. The molecule has 0 saturated heterocycles. The molecule has 0 spiro atoms. The molecule has 0 aliphatic carbocycles. The number of aliphatic hydroxyl groups is 1. The number of aryl methyl sites for hydroxylation is 1. The van der Waals surface area contributed by atoms with E-state index in [2.05, 4.69) is 5.32 Å². The second kappa shape index (κ2) is 8.45. The Balaban J connectivity index is 1.79. The molecule has 0 radical (unpaired) electrons. The van der Waals surface area contributed by atoms with E-state index in [1.54, 1.807) is 0 Å². The van der Waals surface area contributed by atoms with Crippen molar-refractivity contribution in [2.75, 3.05) is 0 Å². The molecule has 26 heavy (non-hydrogen) atoms. The Kier molecular flexibility index (Phi) is 5.82. The van der Waals surface area contributed by atoms with Crippen LogP contribution in [0, 0.1) is 6.92 Å². The Bertz CT molecular complexity index is 829. The lowest BCUT2D eigenvalue weighted by Crippen LogP contribution is -2.29. The van der Waals surface area contributed by atoms with Gasteiger partial charge in [-0.1, -0.05) is 78.4 Å². The number of carbonyl (C=O) groups excluding carboxylic acids is 1. The Morgan fingerprint density at radius 2 is 1.38 bits per heavy atom. The summed E-state index contributed by atoms with van der Waals surface area (Å²) in [7, 11) is 0. The van der Waals surface area contributed by atoms with Crippen molar-refractivity contribution in [1.29, 1.82) is 0 Å². The van der Waals surface area contributed by atoms with E-state index in [0.29, 0.717) is 12.0 Å². The van der Waals surface area contributed by atoms with E-state index in [-0.39, 0.29) is 11.9 Å². The Morgan fingerprint density at radius 3 is 1.96 bits per heavy atom. The second-order valence-electron chi connectivity index (χ2n) is 6.46. The third-order valence-electron chi connectivity index (χ3n) is 4.46. The minimum absolute atomic E-state index is 0.140. The maximum atomic E-state index is 12.7. The molecule has 2 N–H and O–H groups in total. The Labute approximate surface area is 154 Å². The molecular formula is C23H23NO2. The number of rotatable bonds is 6. The van der Waals surface area contributed by atoms with Crippen molar-refractivity contribution in [3.05, 3.63) is 107 Å². The molecule has 3 nitrogen and oxygen atoms in total. The van der Waals surface area contributed by atoms with Crippen LogP contribution in [-0.4, -0.2) is 11.0 Å². The Hall–Kier alpha value is -2.91. The highest BCUT2D eigenvalue weighted by Gasteiger charge is 2.20. The predicted molar refractivity (Wildman–Crippen MR) is 104 cm³/mol. The second-order valence-corrected chi connectivity index (χ2v) is 6.46. The summed E-state index contributed by atoms with van der Waals surface area (Å²) < 4.78 is 0. The van der Waals surface area contributed by atoms with Crippen molar-refractivity contribution in [1.82, 2.24) is 5.32 Å². The van der Waals surface area contributed by atoms with Gasteiger partial charge in [0.15, 0.2) is 0 Å². The first-order chi connectivity index (χ1) is 12.6. The zero-order valence-corrected chi connectivity index (χ0v) is 14.8. The maximum Gasteiger partial charge on any atom is 0.251 e. The van der Waals surface area contributed by atoms with Crippen molar-refractivity contribution < 1.29 is 9.90 Å². The molecule has 3 aromatic rings. The van der Waals surface area contributed by atoms with Crippen LogP contribution >= 0.6 is 0 Å². The molecule has 0 heterocycles. The lowest BCUT2D eigenvalue weighted by molar-refractivity contribution is 0.0909. The number of hydrogen-bond donors (Lipinski definition) is 2. The van der Waals surface area contributed by atoms with Crippen LogP contribution < -0.4 is 5.32 Å². The van der Waals surface area contributed by atoms with Crippen LogP contribution in [0.2, 0.25) is 0 Å². The number of aliphatic hydroxyl groups excluding tert-OH is 1. The van der Waals surface area contributed by atoms with Crippen molar-refractivity contribution in [2.45, 2.75) is 25.5 Å². The van der Waals surface area contributed by atoms with Gasteiger partial charge in [-0.3, -0.25) is 4.79 Å². The van der Waals surface area contributed by atoms with E-state index >= 15 is 0 Å². The van der Waals surface area contributed by atoms with E-state index in [9.17, 15) is 9.90 Å². The number of amides is 1. The number of hydrogen-bond acceptors (Lipinski definition) is 2. The molecule has 1 amide bonds. The van der Waals surface area contributed by atoms with Gasteiger partial charge in [-0.2, -0.15) is 0 Å². The first-order valence-corrected chi connectivity index (χ1v) is 8.79. The SMILES string of the molecule is Cc1ccc(C(=O)N[C@@H](C[C@@H](O)c2ccccc2)c2ccccc2)cc1. The van der Waals surface area contributed by atoms with Gasteiger partial charge in [0.1, 0.15) is 0 Å². The third kappa shape index (κ3) is 4.58. The summed E-state index contributed by atoms with van der Waals surface area (Å²) in [5.41, 5.74) is 3.55. The number of carbonyl (C=O) groups is 1. The van der Waals surface area contributed by atoms with Crippen LogP contribution in [0.3, 0.4) is 0 Å². The first kappa shape index (κ1) is 17.9. The molecule has 132 valence electrons. The van der Waals surface area contributed by atoms with Crippen LogP contribution in [0.5, 0.6) is 0 Å². The summed E-state index contributed by atoms with van der Waals surface area (Å²) in [6.45, 7) is 1.99. The van der Waals surface area contributed by atoms with Gasteiger partial charge in [0, 0.05) is 12.0 Å². The zero-order chi connectivity index (χ0) is 18.4. The van der Waals surface area contributed by atoms with Gasteiger partial charge in [-0.25, -0.2) is 0 Å². The zero-order valence-electron chi connectivity index (χ0n) is 14.8. The molecule has 0 aliphatic rings. The minimum Gasteiger partial charge on any atom is -0.388 e. The molecule has 0 fully saturated rings. The smallest absolute Gasteiger partial charge is 0.251 e. The highest BCUT2D eigenvalue weighted by molar-refractivity contribution is 5.94. The molecule has 2 atom stereocenters. The summed E-state index contributed by atoms with van der Waals surface area (Å²) in [4.78, 5) is 12.7. The van der Waals surface area contributed by atoms with E-state index in [0.717, 1.165) is 16.7 Å². The number of benzene rings is 3. The van der Waals surface area contributed by atoms with Gasteiger partial charge in [-0.15, -0.1) is 0 Å². The van der Waals surface area contributed by atoms with Gasteiger partial charge < -0.3 is 10.4 Å². The molecular weight excluding hydrogens is 322 g/mol. The molecule has 0 unspecified atom stereocenters. The first-order valence-electron chi connectivity index (χ1n) is 8.79. The monoisotopic (exact) mass is 345 g/mol. The molecule has 3 rings (SSSR count). The van der Waals surface area contributed by atoms with Crippen LogP contribution in [0.25, 0.3) is 0 Å². The van der Waals surface area contributed by atoms with Crippen LogP contribution in [0.1, 0.15) is 45.6 Å². The molecule has 0 bridgehead atoms. The Morgan fingerprint density at radius 1 is 0.846 bits per heavy atom.